The summed E-state index contributed by atoms with van der Waals surface area (Å²) < 4.78 is 18.8. The summed E-state index contributed by atoms with van der Waals surface area (Å²) in [5, 5.41) is 3.60. The highest BCUT2D eigenvalue weighted by Gasteiger charge is 2.15. The summed E-state index contributed by atoms with van der Waals surface area (Å²) in [7, 11) is 0. The van der Waals surface area contributed by atoms with E-state index in [1.54, 1.807) is 23.1 Å². The first-order chi connectivity index (χ1) is 9.65. The molecule has 0 fully saturated rings. The second kappa shape index (κ2) is 6.16. The lowest BCUT2D eigenvalue weighted by Gasteiger charge is -2.21. The number of amides is 1. The van der Waals surface area contributed by atoms with Crippen LogP contribution in [0.4, 0.5) is 10.1 Å². The molecule has 6 nitrogen and oxygen atoms in total. The molecule has 0 spiro atoms. The molecule has 2 aromatic rings. The molecular formula is C13H15FN4O2. The largest absolute Gasteiger partial charge is 0.362 e. The van der Waals surface area contributed by atoms with Crippen molar-refractivity contribution in [3.05, 3.63) is 47.6 Å². The molecule has 0 saturated carbocycles. The summed E-state index contributed by atoms with van der Waals surface area (Å²) in [5.74, 6) is 4.62. The van der Waals surface area contributed by atoms with E-state index in [0.717, 1.165) is 0 Å². The number of carbonyl (C=O) groups is 1. The number of hydrogen-bond donors (Lipinski definition) is 2. The van der Waals surface area contributed by atoms with E-state index in [1.807, 2.05) is 12.3 Å². The first kappa shape index (κ1) is 14.0. The number of benzene rings is 1. The monoisotopic (exact) mass is 278 g/mol. The van der Waals surface area contributed by atoms with Crippen LogP contribution < -0.4 is 16.2 Å². The predicted molar refractivity (Wildman–Crippen MR) is 71.3 cm³/mol. The van der Waals surface area contributed by atoms with Gasteiger partial charge in [-0.2, -0.15) is 0 Å². The molecule has 0 aliphatic heterocycles. The minimum Gasteiger partial charge on any atom is -0.362 e. The number of nitrogen functional groups attached to an aromatic ring is 1. The summed E-state index contributed by atoms with van der Waals surface area (Å²) in [4.78, 5) is 13.1. The Kier molecular flexibility index (Phi) is 4.31. The van der Waals surface area contributed by atoms with Crippen molar-refractivity contribution in [3.8, 4) is 0 Å². The Hall–Kier alpha value is -2.41. The Morgan fingerprint density at radius 2 is 2.25 bits per heavy atom. The predicted octanol–water partition coefficient (Wildman–Crippen LogP) is 1.44. The Labute approximate surface area is 115 Å². The average Bonchev–Trinajstić information content (AvgIpc) is 2.93. The maximum absolute atomic E-state index is 13.7. The van der Waals surface area contributed by atoms with E-state index in [0.29, 0.717) is 24.5 Å². The SMILES string of the molecule is CCN(Cc1cc(C(=O)NN)no1)c1ccccc1F. The fourth-order valence-electron chi connectivity index (χ4n) is 1.83. The van der Waals surface area contributed by atoms with Crippen LogP contribution in [0.15, 0.2) is 34.9 Å². The summed E-state index contributed by atoms with van der Waals surface area (Å²) in [5.41, 5.74) is 2.53. The smallest absolute Gasteiger partial charge is 0.287 e. The number of nitrogens with one attached hydrogen (secondary N) is 1. The van der Waals surface area contributed by atoms with E-state index in [9.17, 15) is 9.18 Å². The van der Waals surface area contributed by atoms with Gasteiger partial charge in [0.2, 0.25) is 0 Å². The topological polar surface area (TPSA) is 84.4 Å². The summed E-state index contributed by atoms with van der Waals surface area (Å²) >= 11 is 0. The van der Waals surface area contributed by atoms with E-state index < -0.39 is 5.91 Å². The van der Waals surface area contributed by atoms with Crippen LogP contribution in [0.3, 0.4) is 0 Å². The molecule has 2 rings (SSSR count). The van der Waals surface area contributed by atoms with Crippen molar-refractivity contribution >= 4 is 11.6 Å². The summed E-state index contributed by atoms with van der Waals surface area (Å²) in [6.07, 6.45) is 0. The lowest BCUT2D eigenvalue weighted by molar-refractivity contribution is 0.0944. The third-order valence-corrected chi connectivity index (χ3v) is 2.84. The second-order valence-corrected chi connectivity index (χ2v) is 4.12. The third-order valence-electron chi connectivity index (χ3n) is 2.84. The van der Waals surface area contributed by atoms with Gasteiger partial charge >= 0.3 is 0 Å². The van der Waals surface area contributed by atoms with Crippen LogP contribution in [0.5, 0.6) is 0 Å². The van der Waals surface area contributed by atoms with Gasteiger partial charge in [0.15, 0.2) is 11.5 Å². The number of hydrogen-bond acceptors (Lipinski definition) is 5. The van der Waals surface area contributed by atoms with E-state index >= 15 is 0 Å². The Morgan fingerprint density at radius 1 is 1.50 bits per heavy atom. The summed E-state index contributed by atoms with van der Waals surface area (Å²) in [6, 6.07) is 7.94. The molecule has 1 amide bonds. The number of hydrazine groups is 1. The van der Waals surface area contributed by atoms with Crippen LogP contribution in [0, 0.1) is 5.82 Å². The number of anilines is 1. The van der Waals surface area contributed by atoms with Gasteiger partial charge < -0.3 is 9.42 Å². The molecule has 106 valence electrons. The highest BCUT2D eigenvalue weighted by molar-refractivity contribution is 5.91. The molecule has 1 aromatic carbocycles. The van der Waals surface area contributed by atoms with Crippen LogP contribution >= 0.6 is 0 Å². The van der Waals surface area contributed by atoms with Crippen molar-refractivity contribution in [3.63, 3.8) is 0 Å². The fourth-order valence-corrected chi connectivity index (χ4v) is 1.83. The molecule has 0 unspecified atom stereocenters. The molecular weight excluding hydrogens is 263 g/mol. The van der Waals surface area contributed by atoms with Crippen molar-refractivity contribution in [1.29, 1.82) is 0 Å². The highest BCUT2D eigenvalue weighted by atomic mass is 19.1. The van der Waals surface area contributed by atoms with E-state index in [1.165, 1.54) is 12.1 Å². The zero-order valence-electron chi connectivity index (χ0n) is 11.0. The van der Waals surface area contributed by atoms with Crippen LogP contribution in [-0.2, 0) is 6.54 Å². The lowest BCUT2D eigenvalue weighted by Crippen LogP contribution is -2.30. The van der Waals surface area contributed by atoms with E-state index in [-0.39, 0.29) is 11.5 Å². The fraction of sp³-hybridized carbons (Fsp3) is 0.231. The zero-order valence-corrected chi connectivity index (χ0v) is 11.0. The number of para-hydroxylation sites is 1. The molecule has 0 aliphatic carbocycles. The van der Waals surface area contributed by atoms with Gasteiger partial charge in [0.25, 0.3) is 5.91 Å². The molecule has 0 aliphatic rings. The Balaban J connectivity index is 2.17. The molecule has 3 N–H and O–H groups in total. The summed E-state index contributed by atoms with van der Waals surface area (Å²) in [6.45, 7) is 2.79. The van der Waals surface area contributed by atoms with Crippen molar-refractivity contribution in [2.24, 2.45) is 5.84 Å². The van der Waals surface area contributed by atoms with Gasteiger partial charge in [-0.1, -0.05) is 17.3 Å². The molecule has 20 heavy (non-hydrogen) atoms. The van der Waals surface area contributed by atoms with Crippen LogP contribution in [0.2, 0.25) is 0 Å². The number of aromatic nitrogens is 1. The van der Waals surface area contributed by atoms with Crippen LogP contribution in [0.1, 0.15) is 23.2 Å². The lowest BCUT2D eigenvalue weighted by atomic mass is 10.2. The van der Waals surface area contributed by atoms with Crippen molar-refractivity contribution < 1.29 is 13.7 Å². The molecule has 0 bridgehead atoms. The van der Waals surface area contributed by atoms with Gasteiger partial charge in [0, 0.05) is 12.6 Å². The van der Waals surface area contributed by atoms with Crippen LogP contribution in [-0.4, -0.2) is 17.6 Å². The van der Waals surface area contributed by atoms with Gasteiger partial charge in [-0.05, 0) is 19.1 Å². The Morgan fingerprint density at radius 3 is 2.90 bits per heavy atom. The first-order valence-corrected chi connectivity index (χ1v) is 6.11. The molecule has 0 atom stereocenters. The highest BCUT2D eigenvalue weighted by Crippen LogP contribution is 2.20. The minimum absolute atomic E-state index is 0.0899. The second-order valence-electron chi connectivity index (χ2n) is 4.12. The molecule has 0 saturated heterocycles. The van der Waals surface area contributed by atoms with Crippen molar-refractivity contribution in [2.45, 2.75) is 13.5 Å². The van der Waals surface area contributed by atoms with Gasteiger partial charge in [-0.25, -0.2) is 10.2 Å². The number of nitrogens with two attached hydrogens (primary N) is 1. The molecule has 1 aromatic heterocycles. The van der Waals surface area contributed by atoms with E-state index in [2.05, 4.69) is 5.16 Å². The van der Waals surface area contributed by atoms with Crippen molar-refractivity contribution in [2.75, 3.05) is 11.4 Å². The van der Waals surface area contributed by atoms with Crippen LogP contribution in [0.25, 0.3) is 0 Å². The third kappa shape index (κ3) is 2.94. The van der Waals surface area contributed by atoms with Gasteiger partial charge in [-0.15, -0.1) is 0 Å². The standard InChI is InChI=1S/C13H15FN4O2/c1-2-18(12-6-4-3-5-10(12)14)8-9-7-11(17-20-9)13(19)16-15/h3-7H,2,8,15H2,1H3,(H,16,19). The maximum Gasteiger partial charge on any atom is 0.287 e. The van der Waals surface area contributed by atoms with Gasteiger partial charge in [-0.3, -0.25) is 10.2 Å². The molecule has 7 heteroatoms. The van der Waals surface area contributed by atoms with Gasteiger partial charge in [0.1, 0.15) is 5.82 Å². The van der Waals surface area contributed by atoms with Crippen molar-refractivity contribution in [1.82, 2.24) is 10.6 Å². The zero-order chi connectivity index (χ0) is 14.5. The molecule has 1 heterocycles. The van der Waals surface area contributed by atoms with Gasteiger partial charge in [0.05, 0.1) is 12.2 Å². The van der Waals surface area contributed by atoms with E-state index in [4.69, 9.17) is 10.4 Å². The average molecular weight is 278 g/mol. The number of carbonyl (C=O) groups excluding carboxylic acids is 1. The Bertz CT molecular complexity index is 600. The minimum atomic E-state index is -0.533. The quantitative estimate of drug-likeness (QED) is 0.491. The maximum atomic E-state index is 13.7. The number of nitrogens with zero attached hydrogens (tertiary/aromatic N) is 2. The number of rotatable bonds is 5. The first-order valence-electron chi connectivity index (χ1n) is 6.11. The molecule has 0 radical (unpaired) electrons. The number of halogens is 1. The normalized spacial score (nSPS) is 10.3.